The Labute approximate surface area is 225 Å². The molecule has 0 saturated carbocycles. The van der Waals surface area contributed by atoms with Crippen LogP contribution in [0, 0.1) is 0 Å². The third-order valence-electron chi connectivity index (χ3n) is 7.57. The standard InChI is InChI=1S/C36H23N3/c1-3-11-24(12-4-1)27-20-22-33-30(23-27)29-21-19-25-13-7-8-16-28(25)35(29)39(33)36-34(26-14-5-2-6-15-26)37-31-17-9-10-18-32(31)38-36/h1-23H. The Morgan fingerprint density at radius 2 is 1.10 bits per heavy atom. The van der Waals surface area contributed by atoms with Gasteiger partial charge < -0.3 is 0 Å². The first-order valence-electron chi connectivity index (χ1n) is 13.2. The van der Waals surface area contributed by atoms with Gasteiger partial charge in [0.15, 0.2) is 5.82 Å². The van der Waals surface area contributed by atoms with Crippen molar-refractivity contribution in [3.63, 3.8) is 0 Å². The van der Waals surface area contributed by atoms with Gasteiger partial charge >= 0.3 is 0 Å². The van der Waals surface area contributed by atoms with Crippen molar-refractivity contribution in [2.24, 2.45) is 0 Å². The zero-order chi connectivity index (χ0) is 25.8. The van der Waals surface area contributed by atoms with E-state index in [1.807, 2.05) is 30.3 Å². The SMILES string of the molecule is c1ccc(-c2ccc3c(c2)c2ccc4ccccc4c2n3-c2nc3ccccc3nc2-c2ccccc2)cc1. The van der Waals surface area contributed by atoms with Gasteiger partial charge in [0.2, 0.25) is 0 Å². The van der Waals surface area contributed by atoms with Crippen molar-refractivity contribution in [2.45, 2.75) is 0 Å². The van der Waals surface area contributed by atoms with Crippen LogP contribution in [-0.2, 0) is 0 Å². The Bertz CT molecular complexity index is 2160. The summed E-state index contributed by atoms with van der Waals surface area (Å²) in [7, 11) is 0. The molecule has 0 bridgehead atoms. The highest BCUT2D eigenvalue weighted by Gasteiger charge is 2.21. The number of fused-ring (bicyclic) bond motifs is 6. The number of hydrogen-bond donors (Lipinski definition) is 0. The van der Waals surface area contributed by atoms with Crippen molar-refractivity contribution in [2.75, 3.05) is 0 Å². The fourth-order valence-corrected chi connectivity index (χ4v) is 5.75. The molecule has 2 aromatic heterocycles. The van der Waals surface area contributed by atoms with Gasteiger partial charge in [0.25, 0.3) is 0 Å². The molecule has 6 aromatic carbocycles. The van der Waals surface area contributed by atoms with Crippen LogP contribution >= 0.6 is 0 Å². The molecule has 8 aromatic rings. The second-order valence-electron chi connectivity index (χ2n) is 9.87. The van der Waals surface area contributed by atoms with Gasteiger partial charge in [-0.25, -0.2) is 9.97 Å². The maximum atomic E-state index is 5.28. The second kappa shape index (κ2) is 8.64. The van der Waals surface area contributed by atoms with Crippen molar-refractivity contribution in [3.05, 3.63) is 140 Å². The first-order chi connectivity index (χ1) is 19.3. The molecule has 0 aliphatic rings. The topological polar surface area (TPSA) is 30.7 Å². The van der Waals surface area contributed by atoms with E-state index in [2.05, 4.69) is 114 Å². The van der Waals surface area contributed by atoms with Gasteiger partial charge in [-0.05, 0) is 40.8 Å². The van der Waals surface area contributed by atoms with E-state index < -0.39 is 0 Å². The Balaban J connectivity index is 1.55. The van der Waals surface area contributed by atoms with Gasteiger partial charge in [-0.15, -0.1) is 0 Å². The van der Waals surface area contributed by atoms with Crippen LogP contribution in [0.5, 0.6) is 0 Å². The Kier molecular flexibility index (Phi) is 4.82. The molecule has 2 heterocycles. The zero-order valence-corrected chi connectivity index (χ0v) is 21.1. The third-order valence-corrected chi connectivity index (χ3v) is 7.57. The quantitative estimate of drug-likeness (QED) is 0.244. The summed E-state index contributed by atoms with van der Waals surface area (Å²) in [4.78, 5) is 10.5. The van der Waals surface area contributed by atoms with Crippen LogP contribution in [0.3, 0.4) is 0 Å². The van der Waals surface area contributed by atoms with E-state index in [0.717, 1.165) is 39.1 Å². The molecule has 8 rings (SSSR count). The molecule has 0 saturated heterocycles. The molecule has 3 nitrogen and oxygen atoms in total. The highest BCUT2D eigenvalue weighted by Crippen LogP contribution is 2.40. The minimum atomic E-state index is 0.837. The van der Waals surface area contributed by atoms with E-state index in [1.54, 1.807) is 0 Å². The first-order valence-corrected chi connectivity index (χ1v) is 13.2. The lowest BCUT2D eigenvalue weighted by molar-refractivity contribution is 1.08. The summed E-state index contributed by atoms with van der Waals surface area (Å²) in [6, 6.07) is 48.9. The number of hydrogen-bond acceptors (Lipinski definition) is 2. The lowest BCUT2D eigenvalue weighted by Crippen LogP contribution is -2.04. The highest BCUT2D eigenvalue weighted by molar-refractivity contribution is 6.19. The van der Waals surface area contributed by atoms with Gasteiger partial charge in [0.1, 0.15) is 5.69 Å². The maximum absolute atomic E-state index is 5.28. The second-order valence-corrected chi connectivity index (χ2v) is 9.87. The van der Waals surface area contributed by atoms with Gasteiger partial charge in [0.05, 0.1) is 22.1 Å². The molecule has 0 aliphatic carbocycles. The minimum absolute atomic E-state index is 0.837. The largest absolute Gasteiger partial charge is 0.291 e. The molecule has 3 heteroatoms. The number of aromatic nitrogens is 3. The van der Waals surface area contributed by atoms with Crippen LogP contribution in [-0.4, -0.2) is 14.5 Å². The summed E-state index contributed by atoms with van der Waals surface area (Å²) in [5.41, 5.74) is 8.34. The van der Waals surface area contributed by atoms with E-state index in [4.69, 9.17) is 9.97 Å². The van der Waals surface area contributed by atoms with Crippen molar-refractivity contribution in [1.82, 2.24) is 14.5 Å². The van der Waals surface area contributed by atoms with Crippen molar-refractivity contribution in [3.8, 4) is 28.2 Å². The van der Waals surface area contributed by atoms with Crippen LogP contribution in [0.25, 0.3) is 71.8 Å². The number of para-hydroxylation sites is 2. The zero-order valence-electron chi connectivity index (χ0n) is 21.1. The summed E-state index contributed by atoms with van der Waals surface area (Å²) >= 11 is 0. The molecule has 0 N–H and O–H groups in total. The molecule has 182 valence electrons. The predicted molar refractivity (Wildman–Crippen MR) is 162 cm³/mol. The smallest absolute Gasteiger partial charge is 0.165 e. The Hall–Kier alpha value is -5.28. The monoisotopic (exact) mass is 497 g/mol. The summed E-state index contributed by atoms with van der Waals surface area (Å²) in [6.45, 7) is 0. The summed E-state index contributed by atoms with van der Waals surface area (Å²) in [5, 5.41) is 4.80. The van der Waals surface area contributed by atoms with Crippen LogP contribution < -0.4 is 0 Å². The molecule has 0 fully saturated rings. The van der Waals surface area contributed by atoms with E-state index in [-0.39, 0.29) is 0 Å². The minimum Gasteiger partial charge on any atom is -0.291 e. The average Bonchev–Trinajstić information content (AvgIpc) is 3.35. The summed E-state index contributed by atoms with van der Waals surface area (Å²) in [6.07, 6.45) is 0. The van der Waals surface area contributed by atoms with Gasteiger partial charge in [0, 0.05) is 21.7 Å². The lowest BCUT2D eigenvalue weighted by Gasteiger charge is -2.14. The predicted octanol–water partition coefficient (Wildman–Crippen LogP) is 9.21. The van der Waals surface area contributed by atoms with Crippen LogP contribution in [0.15, 0.2) is 140 Å². The molecular formula is C36H23N3. The normalized spacial score (nSPS) is 11.6. The van der Waals surface area contributed by atoms with Gasteiger partial charge in [-0.1, -0.05) is 115 Å². The van der Waals surface area contributed by atoms with Crippen molar-refractivity contribution in [1.29, 1.82) is 0 Å². The average molecular weight is 498 g/mol. The van der Waals surface area contributed by atoms with Crippen LogP contribution in [0.1, 0.15) is 0 Å². The molecule has 0 radical (unpaired) electrons. The van der Waals surface area contributed by atoms with Crippen molar-refractivity contribution < 1.29 is 0 Å². The number of nitrogens with zero attached hydrogens (tertiary/aromatic N) is 3. The third kappa shape index (κ3) is 3.44. The molecule has 39 heavy (non-hydrogen) atoms. The number of benzene rings is 6. The molecular weight excluding hydrogens is 474 g/mol. The number of rotatable bonds is 3. The van der Waals surface area contributed by atoms with E-state index in [0.29, 0.717) is 0 Å². The fraction of sp³-hybridized carbons (Fsp3) is 0. The van der Waals surface area contributed by atoms with E-state index >= 15 is 0 Å². The van der Waals surface area contributed by atoms with E-state index in [1.165, 1.54) is 32.7 Å². The highest BCUT2D eigenvalue weighted by atomic mass is 15.1. The fourth-order valence-electron chi connectivity index (χ4n) is 5.75. The van der Waals surface area contributed by atoms with Crippen LogP contribution in [0.2, 0.25) is 0 Å². The maximum Gasteiger partial charge on any atom is 0.165 e. The Morgan fingerprint density at radius 1 is 0.436 bits per heavy atom. The summed E-state index contributed by atoms with van der Waals surface area (Å²) in [5.74, 6) is 0.837. The van der Waals surface area contributed by atoms with Crippen molar-refractivity contribution >= 4 is 43.6 Å². The Morgan fingerprint density at radius 3 is 1.90 bits per heavy atom. The van der Waals surface area contributed by atoms with Crippen LogP contribution in [0.4, 0.5) is 0 Å². The molecule has 0 unspecified atom stereocenters. The van der Waals surface area contributed by atoms with E-state index in [9.17, 15) is 0 Å². The molecule has 0 amide bonds. The van der Waals surface area contributed by atoms with Gasteiger partial charge in [-0.3, -0.25) is 4.57 Å². The molecule has 0 spiro atoms. The molecule has 0 aliphatic heterocycles. The first kappa shape index (κ1) is 21.8. The molecule has 0 atom stereocenters. The lowest BCUT2D eigenvalue weighted by atomic mass is 10.0. The van der Waals surface area contributed by atoms with Gasteiger partial charge in [-0.2, -0.15) is 0 Å². The summed E-state index contributed by atoms with van der Waals surface area (Å²) < 4.78 is 2.32.